The first kappa shape index (κ1) is 36.3. The van der Waals surface area contributed by atoms with Gasteiger partial charge in [-0.3, -0.25) is 9.78 Å². The van der Waals surface area contributed by atoms with Gasteiger partial charge in [-0.05, 0) is 30.7 Å². The molecule has 0 unspecified atom stereocenters. The van der Waals surface area contributed by atoms with E-state index in [-0.39, 0.29) is 46.8 Å². The van der Waals surface area contributed by atoms with E-state index in [1.165, 1.54) is 79.8 Å². The van der Waals surface area contributed by atoms with E-state index in [0.717, 1.165) is 38.5 Å². The second-order valence-electron chi connectivity index (χ2n) is 9.48. The summed E-state index contributed by atoms with van der Waals surface area (Å²) in [5.41, 5.74) is 0.0193. The maximum atomic E-state index is 12.9. The predicted molar refractivity (Wildman–Crippen MR) is 160 cm³/mol. The first-order valence-corrected chi connectivity index (χ1v) is 14.4. The summed E-state index contributed by atoms with van der Waals surface area (Å²) in [7, 11) is 8.49. The van der Waals surface area contributed by atoms with E-state index >= 15 is 0 Å². The van der Waals surface area contributed by atoms with Crippen LogP contribution in [0.4, 0.5) is 0 Å². The van der Waals surface area contributed by atoms with Crippen LogP contribution in [0, 0.1) is 13.2 Å². The van der Waals surface area contributed by atoms with Crippen LogP contribution < -0.4 is 28.4 Å². The van der Waals surface area contributed by atoms with Crippen LogP contribution in [0.1, 0.15) is 84.9 Å². The lowest BCUT2D eigenvalue weighted by Gasteiger charge is -2.17. The summed E-state index contributed by atoms with van der Waals surface area (Å²) in [6.45, 7) is 3.87. The fraction of sp³-hybridized carbons (Fsp3) is 0.500. The molecule has 0 spiro atoms. The van der Waals surface area contributed by atoms with Gasteiger partial charge in [0.15, 0.2) is 23.0 Å². The Morgan fingerprint density at radius 3 is 1.25 bits per heavy atom. The summed E-state index contributed by atoms with van der Waals surface area (Å²) >= 11 is 0. The van der Waals surface area contributed by atoms with Crippen molar-refractivity contribution in [3.63, 3.8) is 0 Å². The highest BCUT2D eigenvalue weighted by molar-refractivity contribution is 5.94. The Labute approximate surface area is 259 Å². The van der Waals surface area contributed by atoms with E-state index in [4.69, 9.17) is 48.0 Å². The summed E-state index contributed by atoms with van der Waals surface area (Å²) in [4.78, 5) is 46.5. The molecule has 2 aromatic rings. The SMILES string of the molecule is [CH2]CCCCCCCCCC[C](OOC(=O)c1ccc(OC)c(OC)c1OC)OOC(=O)c1ccc(OC)c(OC)c1OC. The highest BCUT2D eigenvalue weighted by Gasteiger charge is 2.27. The number of unbranched alkanes of at least 4 members (excludes halogenated alkanes) is 8. The summed E-state index contributed by atoms with van der Waals surface area (Å²) in [5.74, 6) is -0.508. The maximum Gasteiger partial charge on any atom is 0.377 e. The average Bonchev–Trinajstić information content (AvgIpc) is 3.06. The van der Waals surface area contributed by atoms with Crippen LogP contribution in [-0.2, 0) is 19.6 Å². The second-order valence-corrected chi connectivity index (χ2v) is 9.48. The molecule has 2 rings (SSSR count). The van der Waals surface area contributed by atoms with Crippen LogP contribution in [0.3, 0.4) is 0 Å². The zero-order valence-electron chi connectivity index (χ0n) is 26.5. The molecule has 44 heavy (non-hydrogen) atoms. The summed E-state index contributed by atoms with van der Waals surface area (Å²) in [6.07, 6.45) is 9.18. The molecule has 244 valence electrons. The van der Waals surface area contributed by atoms with Gasteiger partial charge in [-0.15, -0.1) is 9.78 Å². The Hall–Kier alpha value is -3.90. The zero-order chi connectivity index (χ0) is 32.3. The predicted octanol–water partition coefficient (Wildman–Crippen LogP) is 6.84. The summed E-state index contributed by atoms with van der Waals surface area (Å²) in [5, 5.41) is 0. The largest absolute Gasteiger partial charge is 0.493 e. The average molecular weight is 621 g/mol. The minimum absolute atomic E-state index is 0.00964. The molecule has 2 aromatic carbocycles. The van der Waals surface area contributed by atoms with Crippen molar-refractivity contribution in [3.05, 3.63) is 48.6 Å². The molecule has 12 heteroatoms. The molecule has 0 saturated heterocycles. The van der Waals surface area contributed by atoms with Gasteiger partial charge in [-0.2, -0.15) is 0 Å². The molecule has 0 aliphatic heterocycles. The standard InChI is InChI=1S/C32H44O12/c1-8-9-10-11-12-13-14-15-16-17-26(41-43-31(33)22-18-20-24(35-2)29(39-6)27(22)37-4)42-44-32(34)23-19-21-25(36-3)30(40-7)28(23)38-5/h18-21H,1,8-17H2,2-7H3. The fourth-order valence-electron chi connectivity index (χ4n) is 4.39. The Bertz CT molecular complexity index is 1090. The van der Waals surface area contributed by atoms with Crippen LogP contribution in [0.5, 0.6) is 34.5 Å². The van der Waals surface area contributed by atoms with Crippen LogP contribution in [0.2, 0.25) is 0 Å². The first-order chi connectivity index (χ1) is 21.4. The number of benzene rings is 2. The van der Waals surface area contributed by atoms with Gasteiger partial charge in [0.1, 0.15) is 11.1 Å². The highest BCUT2D eigenvalue weighted by Crippen LogP contribution is 2.41. The van der Waals surface area contributed by atoms with E-state index < -0.39 is 11.9 Å². The molecular formula is C32H44O12. The molecule has 2 radical (unpaired) electrons. The third-order valence-electron chi connectivity index (χ3n) is 6.65. The van der Waals surface area contributed by atoms with E-state index in [9.17, 15) is 9.59 Å². The Morgan fingerprint density at radius 1 is 0.500 bits per heavy atom. The van der Waals surface area contributed by atoms with Gasteiger partial charge in [0.05, 0.1) is 42.7 Å². The lowest BCUT2D eigenvalue weighted by Crippen LogP contribution is -2.17. The van der Waals surface area contributed by atoms with Crippen molar-refractivity contribution in [2.24, 2.45) is 0 Å². The molecule has 0 amide bonds. The Morgan fingerprint density at radius 2 is 0.886 bits per heavy atom. The minimum atomic E-state index is -0.904. The lowest BCUT2D eigenvalue weighted by atomic mass is 10.1. The van der Waals surface area contributed by atoms with Crippen molar-refractivity contribution in [1.82, 2.24) is 0 Å². The van der Waals surface area contributed by atoms with Crippen molar-refractivity contribution in [2.45, 2.75) is 64.2 Å². The Kier molecular flexibility index (Phi) is 16.6. The van der Waals surface area contributed by atoms with Crippen molar-refractivity contribution in [2.75, 3.05) is 42.7 Å². The molecule has 0 fully saturated rings. The van der Waals surface area contributed by atoms with Crippen LogP contribution in [0.25, 0.3) is 0 Å². The molecule has 12 nitrogen and oxygen atoms in total. The van der Waals surface area contributed by atoms with E-state index in [2.05, 4.69) is 6.92 Å². The Balaban J connectivity index is 2.10. The zero-order valence-corrected chi connectivity index (χ0v) is 26.5. The number of hydrogen-bond donors (Lipinski definition) is 0. The quantitative estimate of drug-likeness (QED) is 0.0777. The van der Waals surface area contributed by atoms with Gasteiger partial charge in [0, 0.05) is 6.42 Å². The van der Waals surface area contributed by atoms with Gasteiger partial charge in [0.2, 0.25) is 11.5 Å². The second kappa shape index (κ2) is 20.1. The minimum Gasteiger partial charge on any atom is -0.493 e. The number of rotatable bonds is 22. The fourth-order valence-corrected chi connectivity index (χ4v) is 4.39. The topological polar surface area (TPSA) is 126 Å². The van der Waals surface area contributed by atoms with Gasteiger partial charge >= 0.3 is 18.2 Å². The van der Waals surface area contributed by atoms with Gasteiger partial charge in [0.25, 0.3) is 0 Å². The van der Waals surface area contributed by atoms with E-state index in [0.29, 0.717) is 17.9 Å². The number of methoxy groups -OCH3 is 6. The van der Waals surface area contributed by atoms with Crippen molar-refractivity contribution < 1.29 is 57.6 Å². The molecule has 0 bridgehead atoms. The normalized spacial score (nSPS) is 10.7. The monoisotopic (exact) mass is 620 g/mol. The van der Waals surface area contributed by atoms with Gasteiger partial charge in [-0.1, -0.05) is 58.3 Å². The number of ether oxygens (including phenoxy) is 6. The highest BCUT2D eigenvalue weighted by atomic mass is 17.3. The van der Waals surface area contributed by atoms with Gasteiger partial charge in [-0.25, -0.2) is 9.59 Å². The number of carbonyl (C=O) groups excluding carboxylic acids is 2. The first-order valence-electron chi connectivity index (χ1n) is 14.4. The molecule has 0 aliphatic carbocycles. The summed E-state index contributed by atoms with van der Waals surface area (Å²) in [6, 6.07) is 5.92. The molecule has 0 heterocycles. The van der Waals surface area contributed by atoms with Crippen LogP contribution >= 0.6 is 0 Å². The van der Waals surface area contributed by atoms with Crippen LogP contribution in [-0.4, -0.2) is 54.6 Å². The van der Waals surface area contributed by atoms with E-state index in [1.54, 1.807) is 0 Å². The molecular weight excluding hydrogens is 576 g/mol. The van der Waals surface area contributed by atoms with Crippen LogP contribution in [0.15, 0.2) is 24.3 Å². The van der Waals surface area contributed by atoms with Crippen molar-refractivity contribution >= 4 is 11.9 Å². The van der Waals surface area contributed by atoms with Crippen molar-refractivity contribution in [3.8, 4) is 34.5 Å². The molecule has 0 saturated carbocycles. The lowest BCUT2D eigenvalue weighted by molar-refractivity contribution is -0.364. The maximum absolute atomic E-state index is 12.9. The molecule has 0 aromatic heterocycles. The number of carbonyl (C=O) groups is 2. The third-order valence-corrected chi connectivity index (χ3v) is 6.65. The van der Waals surface area contributed by atoms with Gasteiger partial charge < -0.3 is 28.4 Å². The summed E-state index contributed by atoms with van der Waals surface area (Å²) < 4.78 is 31.9. The van der Waals surface area contributed by atoms with E-state index in [1.807, 2.05) is 0 Å². The molecule has 0 aliphatic rings. The molecule has 0 atom stereocenters. The van der Waals surface area contributed by atoms with Crippen molar-refractivity contribution in [1.29, 1.82) is 0 Å². The number of hydrogen-bond acceptors (Lipinski definition) is 12. The third kappa shape index (κ3) is 10.4. The molecule has 0 N–H and O–H groups in total. The smallest absolute Gasteiger partial charge is 0.377 e.